The van der Waals surface area contributed by atoms with Crippen LogP contribution >= 0.6 is 0 Å². The molecule has 5 rings (SSSR count). The summed E-state index contributed by atoms with van der Waals surface area (Å²) in [6.07, 6.45) is 7.29. The monoisotopic (exact) mass is 512 g/mol. The molecular formula is C28H31F3N4O2. The van der Waals surface area contributed by atoms with Crippen molar-refractivity contribution in [3.63, 3.8) is 0 Å². The Morgan fingerprint density at radius 2 is 1.84 bits per heavy atom. The number of benzene rings is 2. The third-order valence-corrected chi connectivity index (χ3v) is 6.30. The van der Waals surface area contributed by atoms with Crippen molar-refractivity contribution in [1.29, 1.82) is 0 Å². The second-order valence-electron chi connectivity index (χ2n) is 8.71. The van der Waals surface area contributed by atoms with Gasteiger partial charge in [-0.05, 0) is 61.2 Å². The van der Waals surface area contributed by atoms with Crippen LogP contribution in [0.2, 0.25) is 0 Å². The highest BCUT2D eigenvalue weighted by Crippen LogP contribution is 2.32. The first-order chi connectivity index (χ1) is 17.9. The van der Waals surface area contributed by atoms with E-state index in [0.29, 0.717) is 24.6 Å². The number of methoxy groups -OCH3 is 1. The molecule has 2 aliphatic heterocycles. The van der Waals surface area contributed by atoms with Gasteiger partial charge in [-0.15, -0.1) is 0 Å². The number of aryl methyl sites for hydroxylation is 1. The average Bonchev–Trinajstić information content (AvgIpc) is 3.22. The number of aromatic nitrogens is 2. The van der Waals surface area contributed by atoms with Gasteiger partial charge in [-0.3, -0.25) is 0 Å². The number of hydrogen-bond donors (Lipinski definition) is 0. The lowest BCUT2D eigenvalue weighted by Gasteiger charge is -2.29. The zero-order chi connectivity index (χ0) is 26.5. The predicted octanol–water partition coefficient (Wildman–Crippen LogP) is 6.59. The summed E-state index contributed by atoms with van der Waals surface area (Å²) in [5.41, 5.74) is 3.98. The second-order valence-corrected chi connectivity index (χ2v) is 8.71. The Hall–Kier alpha value is -3.75. The van der Waals surface area contributed by atoms with Gasteiger partial charge in [0, 0.05) is 31.3 Å². The van der Waals surface area contributed by atoms with Gasteiger partial charge in [0.05, 0.1) is 24.8 Å². The van der Waals surface area contributed by atoms with Crippen LogP contribution < -0.4 is 4.74 Å². The van der Waals surface area contributed by atoms with Crippen LogP contribution in [-0.2, 0) is 4.84 Å². The molecule has 0 amide bonds. The molecule has 1 aromatic heterocycles. The summed E-state index contributed by atoms with van der Waals surface area (Å²) in [4.78, 5) is 12.1. The van der Waals surface area contributed by atoms with Crippen LogP contribution in [0, 0.1) is 24.4 Å². The van der Waals surface area contributed by atoms with Crippen molar-refractivity contribution in [1.82, 2.24) is 14.5 Å². The molecule has 3 aromatic rings. The lowest BCUT2D eigenvalue weighted by atomic mass is 9.99. The molecule has 196 valence electrons. The number of ether oxygens (including phenoxy) is 1. The average molecular weight is 513 g/mol. The van der Waals surface area contributed by atoms with E-state index in [9.17, 15) is 13.2 Å². The summed E-state index contributed by atoms with van der Waals surface area (Å²) >= 11 is 0. The molecule has 1 fully saturated rings. The smallest absolute Gasteiger partial charge is 0.194 e. The topological polar surface area (TPSA) is 51.9 Å². The van der Waals surface area contributed by atoms with Gasteiger partial charge in [0.25, 0.3) is 0 Å². The van der Waals surface area contributed by atoms with Crippen LogP contribution in [0.1, 0.15) is 56.0 Å². The normalized spacial score (nSPS) is 18.2. The lowest BCUT2D eigenvalue weighted by molar-refractivity contribution is 0.0570. The van der Waals surface area contributed by atoms with Crippen molar-refractivity contribution in [3.8, 4) is 11.4 Å². The van der Waals surface area contributed by atoms with Crippen molar-refractivity contribution in [3.05, 3.63) is 82.7 Å². The quantitative estimate of drug-likeness (QED) is 0.370. The highest BCUT2D eigenvalue weighted by atomic mass is 19.2. The highest BCUT2D eigenvalue weighted by molar-refractivity contribution is 6.02. The predicted molar refractivity (Wildman–Crippen MR) is 137 cm³/mol. The first kappa shape index (κ1) is 26.3. The molecule has 37 heavy (non-hydrogen) atoms. The van der Waals surface area contributed by atoms with Gasteiger partial charge in [0.2, 0.25) is 0 Å². The molecule has 6 nitrogen and oxygen atoms in total. The van der Waals surface area contributed by atoms with E-state index in [-0.39, 0.29) is 5.56 Å². The second kappa shape index (κ2) is 11.5. The van der Waals surface area contributed by atoms with Gasteiger partial charge >= 0.3 is 0 Å². The molecule has 0 unspecified atom stereocenters. The van der Waals surface area contributed by atoms with Crippen LogP contribution in [0.25, 0.3) is 11.8 Å². The van der Waals surface area contributed by atoms with Crippen molar-refractivity contribution in [2.45, 2.75) is 46.1 Å². The molecule has 0 aliphatic carbocycles. The summed E-state index contributed by atoms with van der Waals surface area (Å²) in [5.74, 6) is -2.54. The van der Waals surface area contributed by atoms with E-state index in [1.54, 1.807) is 13.4 Å². The molecule has 3 heterocycles. The van der Waals surface area contributed by atoms with E-state index in [1.165, 1.54) is 0 Å². The standard InChI is InChI=1S/C26H25F3N4O2.C2H6/c1-16-14-33(15-30-16)22-6-5-17(11-24(22)34-2)10-18-4-3-8-32-9-7-23(35-31-26(18)32)19-12-20(27)25(29)21(28)13-19;1-2/h5-6,10-15,23H,3-4,7-9H2,1-2H3;1-2H3/b18-10+;/t23-;/m1./s1. The molecular weight excluding hydrogens is 481 g/mol. The van der Waals surface area contributed by atoms with E-state index < -0.39 is 23.6 Å². The van der Waals surface area contributed by atoms with Crippen LogP contribution in [0.15, 0.2) is 53.6 Å². The molecule has 0 radical (unpaired) electrons. The van der Waals surface area contributed by atoms with E-state index in [4.69, 9.17) is 9.57 Å². The molecule has 2 aromatic carbocycles. The first-order valence-corrected chi connectivity index (χ1v) is 12.5. The van der Waals surface area contributed by atoms with E-state index in [1.807, 2.05) is 49.7 Å². The van der Waals surface area contributed by atoms with E-state index >= 15 is 0 Å². The molecule has 1 atom stereocenters. The molecule has 1 saturated heterocycles. The number of hydrogen-bond acceptors (Lipinski definition) is 5. The van der Waals surface area contributed by atoms with Crippen LogP contribution in [-0.4, -0.2) is 40.5 Å². The van der Waals surface area contributed by atoms with Crippen LogP contribution in [0.4, 0.5) is 13.2 Å². The Morgan fingerprint density at radius 3 is 2.51 bits per heavy atom. The fraction of sp³-hybridized carbons (Fsp3) is 0.357. The fourth-order valence-corrected chi connectivity index (χ4v) is 4.53. The van der Waals surface area contributed by atoms with Gasteiger partial charge in [0.15, 0.2) is 29.4 Å². The maximum atomic E-state index is 13.8. The van der Waals surface area contributed by atoms with E-state index in [2.05, 4.69) is 21.1 Å². The number of amidine groups is 1. The highest BCUT2D eigenvalue weighted by Gasteiger charge is 2.28. The van der Waals surface area contributed by atoms with Crippen molar-refractivity contribution in [2.24, 2.45) is 5.16 Å². The molecule has 0 N–H and O–H groups in total. The molecule has 0 saturated carbocycles. The Morgan fingerprint density at radius 1 is 1.08 bits per heavy atom. The SMILES string of the molecule is CC.COc1cc(/C=C2\CCCN3CC[C@H](c4cc(F)c(F)c(F)c4)ON=C23)ccc1-n1cnc(C)c1. The van der Waals surface area contributed by atoms with Gasteiger partial charge in [0.1, 0.15) is 5.75 Å². The number of rotatable bonds is 4. The molecule has 0 spiro atoms. The number of imidazole rings is 1. The summed E-state index contributed by atoms with van der Waals surface area (Å²) < 4.78 is 48.4. The Kier molecular flexibility index (Phi) is 8.21. The Labute approximate surface area is 215 Å². The third-order valence-electron chi connectivity index (χ3n) is 6.30. The number of halogens is 3. The van der Waals surface area contributed by atoms with Gasteiger partial charge in [-0.1, -0.05) is 25.1 Å². The number of piperidine rings is 1. The molecule has 9 heteroatoms. The Bertz CT molecular complexity index is 1300. The van der Waals surface area contributed by atoms with Gasteiger partial charge in [-0.2, -0.15) is 0 Å². The zero-order valence-electron chi connectivity index (χ0n) is 21.5. The minimum Gasteiger partial charge on any atom is -0.495 e. The fourth-order valence-electron chi connectivity index (χ4n) is 4.53. The number of fused-ring (bicyclic) bond motifs is 1. The number of nitrogens with zero attached hydrogens (tertiary/aromatic N) is 4. The van der Waals surface area contributed by atoms with Crippen molar-refractivity contribution >= 4 is 11.9 Å². The largest absolute Gasteiger partial charge is 0.495 e. The summed E-state index contributed by atoms with van der Waals surface area (Å²) in [6.45, 7) is 7.34. The maximum Gasteiger partial charge on any atom is 0.194 e. The van der Waals surface area contributed by atoms with Crippen molar-refractivity contribution < 1.29 is 22.7 Å². The lowest BCUT2D eigenvalue weighted by Crippen LogP contribution is -2.37. The summed E-state index contributed by atoms with van der Waals surface area (Å²) in [7, 11) is 1.63. The summed E-state index contributed by atoms with van der Waals surface area (Å²) in [5, 5.41) is 4.36. The van der Waals surface area contributed by atoms with Gasteiger partial charge in [-0.25, -0.2) is 18.2 Å². The van der Waals surface area contributed by atoms with E-state index in [0.717, 1.165) is 54.0 Å². The number of oxime groups is 1. The minimum absolute atomic E-state index is 0.228. The Balaban J connectivity index is 0.00000156. The van der Waals surface area contributed by atoms with Crippen LogP contribution in [0.5, 0.6) is 5.75 Å². The first-order valence-electron chi connectivity index (χ1n) is 12.5. The minimum atomic E-state index is -1.49. The molecule has 2 aliphatic rings. The molecule has 0 bridgehead atoms. The van der Waals surface area contributed by atoms with Crippen molar-refractivity contribution in [2.75, 3.05) is 20.2 Å². The van der Waals surface area contributed by atoms with Crippen LogP contribution in [0.3, 0.4) is 0 Å². The maximum absolute atomic E-state index is 13.8. The zero-order valence-corrected chi connectivity index (χ0v) is 21.5. The third kappa shape index (κ3) is 5.65. The summed E-state index contributed by atoms with van der Waals surface area (Å²) in [6, 6.07) is 7.89. The van der Waals surface area contributed by atoms with Gasteiger partial charge < -0.3 is 19.0 Å².